The average molecular weight is 225 g/mol. The molecule has 0 spiro atoms. The maximum absolute atomic E-state index is 11.9. The van der Waals surface area contributed by atoms with Gasteiger partial charge < -0.3 is 15.1 Å². The molecule has 1 heterocycles. The van der Waals surface area contributed by atoms with Gasteiger partial charge in [0.15, 0.2) is 0 Å². The highest BCUT2D eigenvalue weighted by molar-refractivity contribution is 5.78. The Morgan fingerprint density at radius 1 is 1.38 bits per heavy atom. The Morgan fingerprint density at radius 2 is 2.12 bits per heavy atom. The molecule has 2 fully saturated rings. The fraction of sp³-hybridized carbons (Fsp3) is 0.917. The third-order valence-corrected chi connectivity index (χ3v) is 3.72. The van der Waals surface area contributed by atoms with E-state index in [0.717, 1.165) is 32.1 Å². The lowest BCUT2D eigenvalue weighted by atomic mass is 10.2. The van der Waals surface area contributed by atoms with Gasteiger partial charge in [-0.1, -0.05) is 0 Å². The maximum atomic E-state index is 11.9. The van der Waals surface area contributed by atoms with Crippen LogP contribution < -0.4 is 5.32 Å². The zero-order chi connectivity index (χ0) is 11.5. The van der Waals surface area contributed by atoms with Crippen LogP contribution in [0.15, 0.2) is 0 Å². The molecule has 2 aliphatic rings. The lowest BCUT2D eigenvalue weighted by molar-refractivity contribution is -0.132. The van der Waals surface area contributed by atoms with E-state index in [1.165, 1.54) is 12.8 Å². The predicted molar refractivity (Wildman–Crippen MR) is 64.3 cm³/mol. The number of carbonyl (C=O) groups is 1. The standard InChI is InChI=1S/C12H23N3O/c1-10-9-15(6-5-14(10)2)12(16)8-13-7-11-3-4-11/h10-11,13H,3-9H2,1-2H3. The first kappa shape index (κ1) is 11.9. The number of rotatable bonds is 4. The summed E-state index contributed by atoms with van der Waals surface area (Å²) in [5, 5.41) is 3.27. The van der Waals surface area contributed by atoms with Crippen molar-refractivity contribution in [3.05, 3.63) is 0 Å². The Hall–Kier alpha value is -0.610. The van der Waals surface area contributed by atoms with E-state index in [1.54, 1.807) is 0 Å². The van der Waals surface area contributed by atoms with Gasteiger partial charge in [0, 0.05) is 25.7 Å². The van der Waals surface area contributed by atoms with Gasteiger partial charge in [0.25, 0.3) is 0 Å². The summed E-state index contributed by atoms with van der Waals surface area (Å²) >= 11 is 0. The van der Waals surface area contributed by atoms with E-state index in [9.17, 15) is 4.79 Å². The molecule has 1 amide bonds. The maximum Gasteiger partial charge on any atom is 0.236 e. The highest BCUT2D eigenvalue weighted by Crippen LogP contribution is 2.27. The fourth-order valence-electron chi connectivity index (χ4n) is 2.09. The first-order chi connectivity index (χ1) is 7.66. The van der Waals surface area contributed by atoms with Crippen molar-refractivity contribution in [3.8, 4) is 0 Å². The molecule has 1 aliphatic heterocycles. The highest BCUT2D eigenvalue weighted by atomic mass is 16.2. The molecule has 0 aromatic heterocycles. The average Bonchev–Trinajstić information content (AvgIpc) is 3.06. The van der Waals surface area contributed by atoms with Crippen molar-refractivity contribution in [3.63, 3.8) is 0 Å². The monoisotopic (exact) mass is 225 g/mol. The Labute approximate surface area is 98.0 Å². The molecule has 0 aromatic rings. The van der Waals surface area contributed by atoms with Gasteiger partial charge in [-0.25, -0.2) is 0 Å². The minimum Gasteiger partial charge on any atom is -0.339 e. The molecule has 2 rings (SSSR count). The van der Waals surface area contributed by atoms with E-state index in [-0.39, 0.29) is 5.91 Å². The molecule has 1 aliphatic carbocycles. The van der Waals surface area contributed by atoms with Crippen LogP contribution in [0.3, 0.4) is 0 Å². The van der Waals surface area contributed by atoms with Crippen molar-refractivity contribution in [2.24, 2.45) is 5.92 Å². The van der Waals surface area contributed by atoms with Crippen molar-refractivity contribution >= 4 is 5.91 Å². The van der Waals surface area contributed by atoms with Crippen LogP contribution in [0.25, 0.3) is 0 Å². The molecule has 16 heavy (non-hydrogen) atoms. The zero-order valence-corrected chi connectivity index (χ0v) is 10.4. The van der Waals surface area contributed by atoms with Crippen LogP contribution in [0.2, 0.25) is 0 Å². The van der Waals surface area contributed by atoms with Gasteiger partial charge in [0.1, 0.15) is 0 Å². The number of amides is 1. The lowest BCUT2D eigenvalue weighted by Gasteiger charge is -2.37. The fourth-order valence-corrected chi connectivity index (χ4v) is 2.09. The molecule has 1 saturated carbocycles. The van der Waals surface area contributed by atoms with Gasteiger partial charge in [-0.05, 0) is 39.3 Å². The number of carbonyl (C=O) groups excluding carboxylic acids is 1. The van der Waals surface area contributed by atoms with Crippen molar-refractivity contribution in [1.82, 2.24) is 15.1 Å². The number of nitrogens with zero attached hydrogens (tertiary/aromatic N) is 2. The van der Waals surface area contributed by atoms with Gasteiger partial charge in [-0.3, -0.25) is 4.79 Å². The number of nitrogens with one attached hydrogen (secondary N) is 1. The molecule has 4 heteroatoms. The number of likely N-dealkylation sites (N-methyl/N-ethyl adjacent to an activating group) is 1. The summed E-state index contributed by atoms with van der Waals surface area (Å²) < 4.78 is 0. The van der Waals surface area contributed by atoms with Gasteiger partial charge in [0.2, 0.25) is 5.91 Å². The van der Waals surface area contributed by atoms with Crippen LogP contribution in [0.1, 0.15) is 19.8 Å². The third kappa shape index (κ3) is 3.19. The second-order valence-electron chi connectivity index (χ2n) is 5.24. The van der Waals surface area contributed by atoms with E-state index >= 15 is 0 Å². The molecular weight excluding hydrogens is 202 g/mol. The Morgan fingerprint density at radius 3 is 2.75 bits per heavy atom. The summed E-state index contributed by atoms with van der Waals surface area (Å²) in [6.45, 7) is 6.47. The summed E-state index contributed by atoms with van der Waals surface area (Å²) in [5.41, 5.74) is 0. The second kappa shape index (κ2) is 5.15. The lowest BCUT2D eigenvalue weighted by Crippen LogP contribution is -2.53. The Balaban J connectivity index is 1.67. The number of piperazine rings is 1. The van der Waals surface area contributed by atoms with E-state index < -0.39 is 0 Å². The smallest absolute Gasteiger partial charge is 0.236 e. The normalized spacial score (nSPS) is 27.1. The molecule has 92 valence electrons. The molecule has 1 atom stereocenters. The molecular formula is C12H23N3O. The van der Waals surface area contributed by atoms with Gasteiger partial charge in [-0.15, -0.1) is 0 Å². The van der Waals surface area contributed by atoms with Crippen LogP contribution in [0, 0.1) is 5.92 Å². The minimum absolute atomic E-state index is 0.264. The predicted octanol–water partition coefficient (Wildman–Crippen LogP) is 0.149. The first-order valence-electron chi connectivity index (χ1n) is 6.35. The number of hydrogen-bond donors (Lipinski definition) is 1. The number of hydrogen-bond acceptors (Lipinski definition) is 3. The molecule has 0 aromatic carbocycles. The Bertz CT molecular complexity index is 253. The highest BCUT2D eigenvalue weighted by Gasteiger charge is 2.25. The van der Waals surface area contributed by atoms with Crippen LogP contribution in [0.5, 0.6) is 0 Å². The van der Waals surface area contributed by atoms with Crippen molar-refractivity contribution in [1.29, 1.82) is 0 Å². The van der Waals surface area contributed by atoms with Gasteiger partial charge in [-0.2, -0.15) is 0 Å². The molecule has 1 saturated heterocycles. The third-order valence-electron chi connectivity index (χ3n) is 3.72. The minimum atomic E-state index is 0.264. The van der Waals surface area contributed by atoms with Crippen molar-refractivity contribution in [2.45, 2.75) is 25.8 Å². The SMILES string of the molecule is CC1CN(C(=O)CNCC2CC2)CCN1C. The quantitative estimate of drug-likeness (QED) is 0.740. The summed E-state index contributed by atoms with van der Waals surface area (Å²) in [4.78, 5) is 16.2. The topological polar surface area (TPSA) is 35.6 Å². The van der Waals surface area contributed by atoms with E-state index in [1.807, 2.05) is 4.90 Å². The Kier molecular flexibility index (Phi) is 3.82. The van der Waals surface area contributed by atoms with Gasteiger partial charge >= 0.3 is 0 Å². The van der Waals surface area contributed by atoms with E-state index in [2.05, 4.69) is 24.2 Å². The molecule has 4 nitrogen and oxygen atoms in total. The van der Waals surface area contributed by atoms with Crippen LogP contribution in [0.4, 0.5) is 0 Å². The van der Waals surface area contributed by atoms with Crippen LogP contribution in [-0.4, -0.2) is 61.5 Å². The largest absolute Gasteiger partial charge is 0.339 e. The zero-order valence-electron chi connectivity index (χ0n) is 10.4. The van der Waals surface area contributed by atoms with Crippen LogP contribution in [-0.2, 0) is 4.79 Å². The molecule has 0 radical (unpaired) electrons. The van der Waals surface area contributed by atoms with Crippen molar-refractivity contribution in [2.75, 3.05) is 39.8 Å². The second-order valence-corrected chi connectivity index (χ2v) is 5.24. The molecule has 0 bridgehead atoms. The van der Waals surface area contributed by atoms with E-state index in [0.29, 0.717) is 12.6 Å². The summed E-state index contributed by atoms with van der Waals surface area (Å²) in [6, 6.07) is 0.487. The molecule has 1 N–H and O–H groups in total. The van der Waals surface area contributed by atoms with Gasteiger partial charge in [0.05, 0.1) is 6.54 Å². The summed E-state index contributed by atoms with van der Waals surface area (Å²) in [6.07, 6.45) is 2.68. The molecule has 1 unspecified atom stereocenters. The van der Waals surface area contributed by atoms with Crippen LogP contribution >= 0.6 is 0 Å². The summed E-state index contributed by atoms with van der Waals surface area (Å²) in [5.74, 6) is 1.11. The first-order valence-corrected chi connectivity index (χ1v) is 6.35. The summed E-state index contributed by atoms with van der Waals surface area (Å²) in [7, 11) is 2.12. The van der Waals surface area contributed by atoms with E-state index in [4.69, 9.17) is 0 Å². The van der Waals surface area contributed by atoms with Crippen molar-refractivity contribution < 1.29 is 4.79 Å².